The zero-order valence-electron chi connectivity index (χ0n) is 11.8. The molecule has 0 aromatic rings. The topological polar surface area (TPSA) is 57.2 Å². The van der Waals surface area contributed by atoms with Crippen molar-refractivity contribution in [3.8, 4) is 0 Å². The van der Waals surface area contributed by atoms with Crippen molar-refractivity contribution in [3.05, 3.63) is 0 Å². The maximum absolute atomic E-state index is 12.9. The van der Waals surface area contributed by atoms with Crippen molar-refractivity contribution in [1.29, 1.82) is 0 Å². The first-order chi connectivity index (χ1) is 10.8. The van der Waals surface area contributed by atoms with E-state index in [2.05, 4.69) is 0 Å². The van der Waals surface area contributed by atoms with E-state index in [0.717, 1.165) is 0 Å². The van der Waals surface area contributed by atoms with E-state index in [1.54, 1.807) is 0 Å². The van der Waals surface area contributed by atoms with Crippen LogP contribution in [0.1, 0.15) is 0 Å². The quantitative estimate of drug-likeness (QED) is 0.317. The first-order valence-electron chi connectivity index (χ1n) is 5.04. The molecule has 0 saturated heterocycles. The standard InChI is InChI=1S/C7HF15O3S.K/c8-1(9,2(10,11)4(14,15)6(18,19)20)3(12,13)5(16,17)7(21,22)26(23,24)25;/h(H,23,24,25);/q;+1/p-1. The van der Waals surface area contributed by atoms with Crippen molar-refractivity contribution in [2.75, 3.05) is 0 Å². The van der Waals surface area contributed by atoms with E-state index < -0.39 is 51.2 Å². The Balaban J connectivity index is 0. The van der Waals surface area contributed by atoms with Crippen molar-refractivity contribution in [2.45, 2.75) is 41.0 Å². The minimum Gasteiger partial charge on any atom is -0.743 e. The number of rotatable bonds is 6. The van der Waals surface area contributed by atoms with E-state index in [-0.39, 0.29) is 51.4 Å². The summed E-state index contributed by atoms with van der Waals surface area (Å²) >= 11 is 0. The summed E-state index contributed by atoms with van der Waals surface area (Å²) in [6.45, 7) is 0. The molecule has 0 unspecified atom stereocenters. The molecule has 0 radical (unpaired) electrons. The molecular formula is C7F15KO3S. The van der Waals surface area contributed by atoms with E-state index in [0.29, 0.717) is 0 Å². The van der Waals surface area contributed by atoms with Crippen LogP contribution in [0.5, 0.6) is 0 Å². The molecule has 0 aliphatic carbocycles. The molecule has 0 aromatic heterocycles. The number of hydrogen-bond acceptors (Lipinski definition) is 3. The molecule has 0 fully saturated rings. The zero-order chi connectivity index (χ0) is 22.0. The van der Waals surface area contributed by atoms with Crippen LogP contribution in [0.3, 0.4) is 0 Å². The second-order valence-corrected chi connectivity index (χ2v) is 5.76. The Morgan fingerprint density at radius 1 is 0.481 bits per heavy atom. The summed E-state index contributed by atoms with van der Waals surface area (Å²) in [5.41, 5.74) is 0. The minimum absolute atomic E-state index is 0. The second-order valence-electron chi connectivity index (χ2n) is 4.34. The van der Waals surface area contributed by atoms with Gasteiger partial charge < -0.3 is 4.55 Å². The Kier molecular flexibility index (Phi) is 8.05. The third-order valence-electron chi connectivity index (χ3n) is 2.61. The largest absolute Gasteiger partial charge is 1.00 e. The summed E-state index contributed by atoms with van der Waals surface area (Å²) in [5, 5.41) is -7.81. The maximum Gasteiger partial charge on any atom is 1.00 e. The van der Waals surface area contributed by atoms with Gasteiger partial charge in [0, 0.05) is 0 Å². The molecule has 0 spiro atoms. The van der Waals surface area contributed by atoms with Gasteiger partial charge in [0.05, 0.1) is 0 Å². The molecule has 3 nitrogen and oxygen atoms in total. The van der Waals surface area contributed by atoms with Crippen LogP contribution in [-0.4, -0.2) is 54.0 Å². The predicted molar refractivity (Wildman–Crippen MR) is 45.4 cm³/mol. The van der Waals surface area contributed by atoms with Gasteiger partial charge in [-0.25, -0.2) is 8.42 Å². The van der Waals surface area contributed by atoms with Gasteiger partial charge in [0.15, 0.2) is 10.1 Å². The van der Waals surface area contributed by atoms with Crippen LogP contribution in [0, 0.1) is 0 Å². The van der Waals surface area contributed by atoms with E-state index in [1.165, 1.54) is 0 Å². The predicted octanol–water partition coefficient (Wildman–Crippen LogP) is 0.867. The minimum atomic E-state index is -8.63. The third kappa shape index (κ3) is 3.94. The van der Waals surface area contributed by atoms with Gasteiger partial charge in [0.25, 0.3) is 0 Å². The molecule has 20 heteroatoms. The van der Waals surface area contributed by atoms with Gasteiger partial charge >= 0.3 is 92.4 Å². The third-order valence-corrected chi connectivity index (χ3v) is 3.50. The Morgan fingerprint density at radius 2 is 0.704 bits per heavy atom. The first kappa shape index (κ1) is 29.7. The maximum atomic E-state index is 12.9. The molecule has 158 valence electrons. The molecule has 0 amide bonds. The van der Waals surface area contributed by atoms with Gasteiger partial charge in [-0.2, -0.15) is 65.9 Å². The average molecular weight is 488 g/mol. The van der Waals surface area contributed by atoms with Crippen LogP contribution < -0.4 is 51.4 Å². The molecule has 0 atom stereocenters. The summed E-state index contributed by atoms with van der Waals surface area (Å²) in [4.78, 5) is 0. The molecular weight excluding hydrogens is 488 g/mol. The average Bonchev–Trinajstić information content (AvgIpc) is 2.34. The summed E-state index contributed by atoms with van der Waals surface area (Å²) in [6.07, 6.45) is -7.77. The van der Waals surface area contributed by atoms with Crippen molar-refractivity contribution in [1.82, 2.24) is 0 Å². The molecule has 0 aromatic carbocycles. The fourth-order valence-corrected chi connectivity index (χ4v) is 1.55. The fraction of sp³-hybridized carbons (Fsp3) is 1.00. The second kappa shape index (κ2) is 7.32. The van der Waals surface area contributed by atoms with Gasteiger partial charge in [-0.05, 0) is 0 Å². The molecule has 0 heterocycles. The first-order valence-corrected chi connectivity index (χ1v) is 6.45. The van der Waals surface area contributed by atoms with E-state index in [4.69, 9.17) is 0 Å². The van der Waals surface area contributed by atoms with Gasteiger partial charge in [0.1, 0.15) is 0 Å². The number of alkyl halides is 15. The van der Waals surface area contributed by atoms with Crippen molar-refractivity contribution in [2.24, 2.45) is 0 Å². The van der Waals surface area contributed by atoms with E-state index in [9.17, 15) is 78.8 Å². The van der Waals surface area contributed by atoms with Gasteiger partial charge in [-0.1, -0.05) is 0 Å². The van der Waals surface area contributed by atoms with Crippen molar-refractivity contribution >= 4 is 10.1 Å². The van der Waals surface area contributed by atoms with Gasteiger partial charge in [-0.15, -0.1) is 0 Å². The Morgan fingerprint density at radius 3 is 0.926 bits per heavy atom. The van der Waals surface area contributed by atoms with Crippen LogP contribution in [0.4, 0.5) is 65.9 Å². The summed E-state index contributed by atoms with van der Waals surface area (Å²) < 4.78 is 216. The van der Waals surface area contributed by atoms with Crippen molar-refractivity contribution in [3.63, 3.8) is 0 Å². The monoisotopic (exact) mass is 488 g/mol. The van der Waals surface area contributed by atoms with Gasteiger partial charge in [0.2, 0.25) is 0 Å². The van der Waals surface area contributed by atoms with E-state index in [1.807, 2.05) is 0 Å². The zero-order valence-corrected chi connectivity index (χ0v) is 15.7. The molecule has 27 heavy (non-hydrogen) atoms. The molecule has 0 bridgehead atoms. The molecule has 0 rings (SSSR count). The normalized spacial score (nSPS) is 16.1. The van der Waals surface area contributed by atoms with Crippen molar-refractivity contribution < 1.29 is 130 Å². The summed E-state index contributed by atoms with van der Waals surface area (Å²) in [6, 6.07) is 0. The molecule has 0 aliphatic rings. The smallest absolute Gasteiger partial charge is 0.743 e. The van der Waals surface area contributed by atoms with Crippen LogP contribution >= 0.6 is 0 Å². The van der Waals surface area contributed by atoms with Crippen LogP contribution in [0.15, 0.2) is 0 Å². The fourth-order valence-electron chi connectivity index (χ4n) is 1.11. The Hall–Kier alpha value is 0.496. The van der Waals surface area contributed by atoms with Crippen LogP contribution in [0.2, 0.25) is 0 Å². The molecule has 0 N–H and O–H groups in total. The summed E-state index contributed by atoms with van der Waals surface area (Å²) in [5.74, 6) is -42.2. The Bertz CT molecular complexity index is 651. The SMILES string of the molecule is O=S(=O)([O-])C(F)(F)C(F)(F)C(F)(F)C(F)(F)C(F)(F)C(F)(F)C(F)(F)F.[K+]. The van der Waals surface area contributed by atoms with Crippen LogP contribution in [-0.2, 0) is 10.1 Å². The Labute approximate surface area is 180 Å². The number of halogens is 15. The summed E-state index contributed by atoms with van der Waals surface area (Å²) in [7, 11) is -8.01. The van der Waals surface area contributed by atoms with E-state index >= 15 is 0 Å². The van der Waals surface area contributed by atoms with Crippen LogP contribution in [0.25, 0.3) is 0 Å². The number of hydrogen-bond donors (Lipinski definition) is 0. The van der Waals surface area contributed by atoms with Gasteiger partial charge in [-0.3, -0.25) is 0 Å². The molecule has 0 aliphatic heterocycles. The molecule has 0 saturated carbocycles.